The van der Waals surface area contributed by atoms with E-state index in [1.165, 1.54) is 5.56 Å². The van der Waals surface area contributed by atoms with Crippen molar-refractivity contribution in [2.24, 2.45) is 0 Å². The Morgan fingerprint density at radius 3 is 2.33 bits per heavy atom. The summed E-state index contributed by atoms with van der Waals surface area (Å²) in [7, 11) is -3.47. The minimum Gasteiger partial charge on any atom is -0.287 e. The first-order valence-electron chi connectivity index (χ1n) is 8.91. The standard InChI is InChI=1S/C19H31O4P/c1-4-7-16-19(23-24(20,21-5-2)22-6-3)17-12-11-15-18-13-9-8-10-14-18/h8-10,12-14,17,19H,4-7,11,15-16H2,1-3H3/b17-12-. The van der Waals surface area contributed by atoms with Crippen molar-refractivity contribution in [1.82, 2.24) is 0 Å². The number of hydrogen-bond donors (Lipinski definition) is 0. The molecule has 0 saturated heterocycles. The van der Waals surface area contributed by atoms with E-state index in [9.17, 15) is 4.57 Å². The molecule has 0 aliphatic carbocycles. The Hall–Kier alpha value is -0.930. The number of unbranched alkanes of at least 4 members (excludes halogenated alkanes) is 1. The minimum absolute atomic E-state index is 0.246. The molecular formula is C19H31O4P. The summed E-state index contributed by atoms with van der Waals surface area (Å²) in [6, 6.07) is 10.4. The molecule has 0 amide bonds. The van der Waals surface area contributed by atoms with Gasteiger partial charge >= 0.3 is 7.82 Å². The van der Waals surface area contributed by atoms with Crippen LogP contribution in [0.3, 0.4) is 0 Å². The summed E-state index contributed by atoms with van der Waals surface area (Å²) in [6.45, 7) is 6.30. The number of phosphoric ester groups is 1. The molecule has 0 saturated carbocycles. The molecule has 0 aliphatic heterocycles. The van der Waals surface area contributed by atoms with Gasteiger partial charge in [-0.05, 0) is 38.7 Å². The molecule has 0 radical (unpaired) electrons. The largest absolute Gasteiger partial charge is 0.475 e. The molecule has 1 rings (SSSR count). The van der Waals surface area contributed by atoms with Crippen LogP contribution >= 0.6 is 7.82 Å². The van der Waals surface area contributed by atoms with Crippen LogP contribution in [0.4, 0.5) is 0 Å². The van der Waals surface area contributed by atoms with E-state index in [0.29, 0.717) is 13.2 Å². The van der Waals surface area contributed by atoms with Crippen LogP contribution in [0.15, 0.2) is 42.5 Å². The van der Waals surface area contributed by atoms with Crippen molar-refractivity contribution in [2.45, 2.75) is 59.0 Å². The highest BCUT2D eigenvalue weighted by molar-refractivity contribution is 7.48. The van der Waals surface area contributed by atoms with Gasteiger partial charge in [0.2, 0.25) is 0 Å². The van der Waals surface area contributed by atoms with Crippen molar-refractivity contribution in [3.63, 3.8) is 0 Å². The maximum Gasteiger partial charge on any atom is 0.475 e. The summed E-state index contributed by atoms with van der Waals surface area (Å²) in [4.78, 5) is 0. The zero-order valence-corrected chi connectivity index (χ0v) is 16.0. The molecule has 4 nitrogen and oxygen atoms in total. The van der Waals surface area contributed by atoms with Crippen molar-refractivity contribution in [2.75, 3.05) is 13.2 Å². The van der Waals surface area contributed by atoms with E-state index in [4.69, 9.17) is 13.6 Å². The Balaban J connectivity index is 2.59. The second-order valence-corrected chi connectivity index (χ2v) is 7.14. The van der Waals surface area contributed by atoms with Crippen molar-refractivity contribution < 1.29 is 18.1 Å². The smallest absolute Gasteiger partial charge is 0.287 e. The Morgan fingerprint density at radius 2 is 1.75 bits per heavy atom. The van der Waals surface area contributed by atoms with Gasteiger partial charge in [-0.1, -0.05) is 62.2 Å². The van der Waals surface area contributed by atoms with Crippen molar-refractivity contribution in [3.8, 4) is 0 Å². The fourth-order valence-electron chi connectivity index (χ4n) is 2.31. The summed E-state index contributed by atoms with van der Waals surface area (Å²) in [5, 5.41) is 0. The van der Waals surface area contributed by atoms with Crippen LogP contribution in [0, 0.1) is 0 Å². The van der Waals surface area contributed by atoms with Gasteiger partial charge in [0.25, 0.3) is 0 Å². The molecule has 5 heteroatoms. The molecule has 0 heterocycles. The second kappa shape index (κ2) is 12.4. The summed E-state index contributed by atoms with van der Waals surface area (Å²) < 4.78 is 28.7. The van der Waals surface area contributed by atoms with Crippen LogP contribution in [0.5, 0.6) is 0 Å². The quantitative estimate of drug-likeness (QED) is 0.325. The summed E-state index contributed by atoms with van der Waals surface area (Å²) in [6.07, 6.45) is 8.61. The van der Waals surface area contributed by atoms with Gasteiger partial charge in [0.1, 0.15) is 0 Å². The fourth-order valence-corrected chi connectivity index (χ4v) is 3.65. The van der Waals surface area contributed by atoms with Gasteiger partial charge in [-0.3, -0.25) is 13.6 Å². The van der Waals surface area contributed by atoms with E-state index in [1.54, 1.807) is 13.8 Å². The predicted octanol–water partition coefficient (Wildman–Crippen LogP) is 5.93. The molecule has 24 heavy (non-hydrogen) atoms. The average Bonchev–Trinajstić information content (AvgIpc) is 2.57. The molecule has 1 aromatic rings. The Bertz CT molecular complexity index is 491. The summed E-state index contributed by atoms with van der Waals surface area (Å²) in [5.41, 5.74) is 1.31. The van der Waals surface area contributed by atoms with E-state index >= 15 is 0 Å². The Labute approximate surface area is 146 Å². The van der Waals surface area contributed by atoms with Crippen LogP contribution in [0.2, 0.25) is 0 Å². The van der Waals surface area contributed by atoms with Gasteiger partial charge < -0.3 is 0 Å². The second-order valence-electron chi connectivity index (χ2n) is 5.52. The molecule has 1 unspecified atom stereocenters. The number of hydrogen-bond acceptors (Lipinski definition) is 4. The Kier molecular flexibility index (Phi) is 10.9. The highest BCUT2D eigenvalue weighted by Gasteiger charge is 2.28. The van der Waals surface area contributed by atoms with Crippen molar-refractivity contribution in [3.05, 3.63) is 48.0 Å². The topological polar surface area (TPSA) is 44.8 Å². The fraction of sp³-hybridized carbons (Fsp3) is 0.579. The van der Waals surface area contributed by atoms with E-state index in [-0.39, 0.29) is 6.10 Å². The number of aryl methyl sites for hydroxylation is 1. The van der Waals surface area contributed by atoms with Gasteiger partial charge in [-0.25, -0.2) is 4.57 Å². The van der Waals surface area contributed by atoms with Crippen LogP contribution in [0.1, 0.15) is 52.0 Å². The monoisotopic (exact) mass is 354 g/mol. The maximum atomic E-state index is 12.5. The SMILES string of the molecule is CCCCC(/C=C\CCc1ccccc1)OP(=O)(OCC)OCC. The predicted molar refractivity (Wildman–Crippen MR) is 99.2 cm³/mol. The van der Waals surface area contributed by atoms with Crippen molar-refractivity contribution in [1.29, 1.82) is 0 Å². The number of benzene rings is 1. The molecule has 0 spiro atoms. The van der Waals surface area contributed by atoms with Crippen LogP contribution in [-0.2, 0) is 24.6 Å². The highest BCUT2D eigenvalue weighted by Crippen LogP contribution is 2.51. The van der Waals surface area contributed by atoms with Crippen molar-refractivity contribution >= 4 is 7.82 Å². The van der Waals surface area contributed by atoms with Gasteiger partial charge in [0, 0.05) is 0 Å². The van der Waals surface area contributed by atoms with Gasteiger partial charge in [-0.2, -0.15) is 0 Å². The van der Waals surface area contributed by atoms with Crippen LogP contribution in [0.25, 0.3) is 0 Å². The summed E-state index contributed by atoms with van der Waals surface area (Å²) in [5.74, 6) is 0. The lowest BCUT2D eigenvalue weighted by Gasteiger charge is -2.21. The highest BCUT2D eigenvalue weighted by atomic mass is 31.2. The van der Waals surface area contributed by atoms with E-state index in [0.717, 1.165) is 32.1 Å². The minimum atomic E-state index is -3.47. The number of allylic oxidation sites excluding steroid dienone is 1. The molecule has 1 atom stereocenters. The summed E-state index contributed by atoms with van der Waals surface area (Å²) >= 11 is 0. The molecule has 0 bridgehead atoms. The molecule has 0 aliphatic rings. The van der Waals surface area contributed by atoms with Gasteiger partial charge in [0.05, 0.1) is 19.3 Å². The van der Waals surface area contributed by atoms with Crippen LogP contribution in [-0.4, -0.2) is 19.3 Å². The average molecular weight is 354 g/mol. The van der Waals surface area contributed by atoms with E-state index in [2.05, 4.69) is 25.1 Å². The van der Waals surface area contributed by atoms with Crippen LogP contribution < -0.4 is 0 Å². The number of rotatable bonds is 13. The van der Waals surface area contributed by atoms with Gasteiger partial charge in [0.15, 0.2) is 0 Å². The first-order valence-corrected chi connectivity index (χ1v) is 10.4. The lowest BCUT2D eigenvalue weighted by Crippen LogP contribution is -2.11. The van der Waals surface area contributed by atoms with E-state index < -0.39 is 7.82 Å². The third-order valence-corrected chi connectivity index (χ3v) is 5.15. The van der Waals surface area contributed by atoms with E-state index in [1.807, 2.05) is 24.3 Å². The molecule has 0 aromatic heterocycles. The lowest BCUT2D eigenvalue weighted by molar-refractivity contribution is 0.0967. The van der Waals surface area contributed by atoms with Gasteiger partial charge in [-0.15, -0.1) is 0 Å². The molecular weight excluding hydrogens is 323 g/mol. The first-order chi connectivity index (χ1) is 11.6. The third-order valence-electron chi connectivity index (χ3n) is 3.47. The molecule has 0 fully saturated rings. The lowest BCUT2D eigenvalue weighted by atomic mass is 10.1. The zero-order chi connectivity index (χ0) is 17.7. The molecule has 1 aromatic carbocycles. The number of phosphoric acid groups is 1. The molecule has 136 valence electrons. The third kappa shape index (κ3) is 8.79. The first kappa shape index (κ1) is 21.1. The Morgan fingerprint density at radius 1 is 1.08 bits per heavy atom. The maximum absolute atomic E-state index is 12.5. The normalized spacial score (nSPS) is 13.5. The zero-order valence-electron chi connectivity index (χ0n) is 15.1. The molecule has 0 N–H and O–H groups in total.